The summed E-state index contributed by atoms with van der Waals surface area (Å²) in [5, 5.41) is 20.0. The lowest BCUT2D eigenvalue weighted by Gasteiger charge is -2.12. The van der Waals surface area contributed by atoms with E-state index in [1.807, 2.05) is 48.5 Å². The zero-order valence-electron chi connectivity index (χ0n) is 9.69. The molecule has 0 bridgehead atoms. The number of hydroxylamine groups is 1. The van der Waals surface area contributed by atoms with E-state index in [9.17, 15) is 5.21 Å². The number of benzene rings is 2. The molecule has 2 aromatic carbocycles. The Bertz CT molecular complexity index is 570. The molecule has 0 saturated carbocycles. The summed E-state index contributed by atoms with van der Waals surface area (Å²) >= 11 is 0. The van der Waals surface area contributed by atoms with Crippen molar-refractivity contribution in [3.8, 4) is 6.07 Å². The van der Waals surface area contributed by atoms with Crippen molar-refractivity contribution in [2.24, 2.45) is 0 Å². The number of hydrogen-bond acceptors (Lipinski definition) is 3. The summed E-state index contributed by atoms with van der Waals surface area (Å²) in [7, 11) is 0. The van der Waals surface area contributed by atoms with E-state index < -0.39 is 0 Å². The minimum atomic E-state index is 0.405. The van der Waals surface area contributed by atoms with Gasteiger partial charge < -0.3 is 0 Å². The lowest BCUT2D eigenvalue weighted by Crippen LogP contribution is -2.09. The number of rotatable bonds is 3. The Morgan fingerprint density at radius 3 is 2.11 bits per heavy atom. The minimum Gasteiger partial charge on any atom is -0.284 e. The largest absolute Gasteiger partial charge is 0.284 e. The highest BCUT2D eigenvalue weighted by atomic mass is 16.5. The molecule has 0 saturated heterocycles. The van der Waals surface area contributed by atoms with Gasteiger partial charge in [-0.15, -0.1) is 0 Å². The van der Waals surface area contributed by atoms with E-state index in [0.29, 0.717) is 11.3 Å². The average molecular weight is 236 g/mol. The summed E-state index contributed by atoms with van der Waals surface area (Å²) in [5.41, 5.74) is 1.79. The van der Waals surface area contributed by atoms with Crippen LogP contribution >= 0.6 is 0 Å². The third kappa shape index (κ3) is 2.76. The molecule has 0 heterocycles. The highest BCUT2D eigenvalue weighted by Crippen LogP contribution is 2.17. The molecule has 88 valence electrons. The maximum atomic E-state index is 9.89. The number of para-hydroxylation sites is 1. The standard InChI is InChI=1S/C15H12N2O/c16-11-14(13-7-3-1-4-8-13)12-17(18)15-9-5-2-6-10-15/h1-10,12,18H/b14-12+. The fourth-order valence-corrected chi connectivity index (χ4v) is 1.56. The lowest BCUT2D eigenvalue weighted by molar-refractivity contribution is 0.296. The zero-order valence-corrected chi connectivity index (χ0v) is 9.69. The lowest BCUT2D eigenvalue weighted by atomic mass is 10.1. The van der Waals surface area contributed by atoms with Crippen LogP contribution in [0.1, 0.15) is 5.56 Å². The number of hydrogen-bond donors (Lipinski definition) is 1. The van der Waals surface area contributed by atoms with E-state index in [1.165, 1.54) is 6.20 Å². The van der Waals surface area contributed by atoms with Gasteiger partial charge in [0, 0.05) is 0 Å². The molecule has 0 amide bonds. The fourth-order valence-electron chi connectivity index (χ4n) is 1.56. The van der Waals surface area contributed by atoms with Crippen LogP contribution in [-0.2, 0) is 0 Å². The van der Waals surface area contributed by atoms with Gasteiger partial charge in [0.05, 0.1) is 17.5 Å². The van der Waals surface area contributed by atoms with Crippen molar-refractivity contribution < 1.29 is 5.21 Å². The second kappa shape index (κ2) is 5.67. The zero-order chi connectivity index (χ0) is 12.8. The van der Waals surface area contributed by atoms with Crippen LogP contribution in [0.4, 0.5) is 5.69 Å². The van der Waals surface area contributed by atoms with Gasteiger partial charge in [0.1, 0.15) is 6.07 Å². The predicted molar refractivity (Wildman–Crippen MR) is 70.7 cm³/mol. The van der Waals surface area contributed by atoms with Gasteiger partial charge in [0.2, 0.25) is 0 Å². The van der Waals surface area contributed by atoms with Crippen molar-refractivity contribution in [1.82, 2.24) is 0 Å². The average Bonchev–Trinajstić information content (AvgIpc) is 2.46. The van der Waals surface area contributed by atoms with Crippen molar-refractivity contribution in [2.45, 2.75) is 0 Å². The highest BCUT2D eigenvalue weighted by Gasteiger charge is 2.04. The number of anilines is 1. The summed E-state index contributed by atoms with van der Waals surface area (Å²) < 4.78 is 0. The Morgan fingerprint density at radius 1 is 1.00 bits per heavy atom. The van der Waals surface area contributed by atoms with Crippen molar-refractivity contribution in [2.75, 3.05) is 5.06 Å². The van der Waals surface area contributed by atoms with Crippen LogP contribution in [0, 0.1) is 11.3 Å². The Labute approximate surface area is 106 Å². The van der Waals surface area contributed by atoms with Gasteiger partial charge >= 0.3 is 0 Å². The van der Waals surface area contributed by atoms with Crippen LogP contribution in [-0.4, -0.2) is 5.21 Å². The first-order chi connectivity index (χ1) is 8.81. The molecule has 0 unspecified atom stereocenters. The smallest absolute Gasteiger partial charge is 0.101 e. The third-order valence-electron chi connectivity index (χ3n) is 2.48. The van der Waals surface area contributed by atoms with Gasteiger partial charge in [0.15, 0.2) is 0 Å². The monoisotopic (exact) mass is 236 g/mol. The Hall–Kier alpha value is -2.57. The molecular formula is C15H12N2O. The Kier molecular flexibility index (Phi) is 3.75. The van der Waals surface area contributed by atoms with Crippen molar-refractivity contribution >= 4 is 11.3 Å². The summed E-state index contributed by atoms with van der Waals surface area (Å²) in [4.78, 5) is 0. The van der Waals surface area contributed by atoms with Crippen LogP contribution in [0.5, 0.6) is 0 Å². The molecule has 0 aromatic heterocycles. The van der Waals surface area contributed by atoms with E-state index in [1.54, 1.807) is 12.1 Å². The van der Waals surface area contributed by atoms with Crippen molar-refractivity contribution in [3.05, 3.63) is 72.4 Å². The molecule has 0 aliphatic rings. The van der Waals surface area contributed by atoms with Crippen molar-refractivity contribution in [1.29, 1.82) is 5.26 Å². The molecule has 0 fully saturated rings. The van der Waals surface area contributed by atoms with E-state index in [2.05, 4.69) is 6.07 Å². The van der Waals surface area contributed by atoms with Gasteiger partial charge in [0.25, 0.3) is 0 Å². The molecule has 0 aliphatic heterocycles. The normalized spacial score (nSPS) is 10.8. The van der Waals surface area contributed by atoms with Gasteiger partial charge in [-0.25, -0.2) is 5.06 Å². The van der Waals surface area contributed by atoms with Crippen molar-refractivity contribution in [3.63, 3.8) is 0 Å². The first-order valence-corrected chi connectivity index (χ1v) is 5.52. The van der Waals surface area contributed by atoms with E-state index in [-0.39, 0.29) is 0 Å². The number of allylic oxidation sites excluding steroid dienone is 1. The van der Waals surface area contributed by atoms with Crippen LogP contribution < -0.4 is 5.06 Å². The van der Waals surface area contributed by atoms with E-state index >= 15 is 0 Å². The molecule has 0 atom stereocenters. The SMILES string of the molecule is N#C/C(=C\N(O)c1ccccc1)c1ccccc1. The molecule has 2 rings (SSSR count). The number of nitriles is 1. The molecule has 0 spiro atoms. The molecule has 0 aliphatic carbocycles. The van der Waals surface area contributed by atoms with Gasteiger partial charge in [-0.3, -0.25) is 5.21 Å². The van der Waals surface area contributed by atoms with E-state index in [0.717, 1.165) is 10.6 Å². The fraction of sp³-hybridized carbons (Fsp3) is 0. The second-order valence-electron chi connectivity index (χ2n) is 3.70. The highest BCUT2D eigenvalue weighted by molar-refractivity contribution is 5.78. The number of nitrogens with zero attached hydrogens (tertiary/aromatic N) is 2. The van der Waals surface area contributed by atoms with E-state index in [4.69, 9.17) is 5.26 Å². The summed E-state index contributed by atoms with van der Waals surface area (Å²) in [6.45, 7) is 0. The first-order valence-electron chi connectivity index (χ1n) is 5.52. The van der Waals surface area contributed by atoms with Crippen LogP contribution in [0.3, 0.4) is 0 Å². The predicted octanol–water partition coefficient (Wildman–Crippen LogP) is 3.45. The summed E-state index contributed by atoms with van der Waals surface area (Å²) in [5.74, 6) is 0. The maximum Gasteiger partial charge on any atom is 0.101 e. The molecule has 3 nitrogen and oxygen atoms in total. The maximum absolute atomic E-state index is 9.89. The summed E-state index contributed by atoms with van der Waals surface area (Å²) in [6, 6.07) is 20.3. The van der Waals surface area contributed by atoms with Gasteiger partial charge in [-0.05, 0) is 17.7 Å². The second-order valence-corrected chi connectivity index (χ2v) is 3.70. The summed E-state index contributed by atoms with van der Waals surface area (Å²) in [6.07, 6.45) is 1.41. The van der Waals surface area contributed by atoms with Crippen LogP contribution in [0.25, 0.3) is 5.57 Å². The molecule has 0 radical (unpaired) electrons. The first kappa shape index (κ1) is 11.9. The Morgan fingerprint density at radius 2 is 1.56 bits per heavy atom. The van der Waals surface area contributed by atoms with Gasteiger partial charge in [-0.2, -0.15) is 5.26 Å². The minimum absolute atomic E-state index is 0.405. The van der Waals surface area contributed by atoms with Gasteiger partial charge in [-0.1, -0.05) is 48.5 Å². The molecular weight excluding hydrogens is 224 g/mol. The Balaban J connectivity index is 2.29. The topological polar surface area (TPSA) is 47.3 Å². The molecule has 18 heavy (non-hydrogen) atoms. The third-order valence-corrected chi connectivity index (χ3v) is 2.48. The quantitative estimate of drug-likeness (QED) is 0.656. The molecule has 2 aromatic rings. The van der Waals surface area contributed by atoms with Crippen LogP contribution in [0.15, 0.2) is 66.9 Å². The molecule has 3 heteroatoms. The molecule has 1 N–H and O–H groups in total. The van der Waals surface area contributed by atoms with Crippen LogP contribution in [0.2, 0.25) is 0 Å².